The second-order valence-corrected chi connectivity index (χ2v) is 7.40. The van der Waals surface area contributed by atoms with Crippen LogP contribution >= 0.6 is 0 Å². The molecule has 0 aromatic carbocycles. The van der Waals surface area contributed by atoms with Crippen molar-refractivity contribution in [3.63, 3.8) is 0 Å². The first-order valence-electron chi connectivity index (χ1n) is 8.52. The van der Waals surface area contributed by atoms with Crippen LogP contribution in [0.2, 0.25) is 0 Å². The van der Waals surface area contributed by atoms with Gasteiger partial charge in [-0.15, -0.1) is 0 Å². The van der Waals surface area contributed by atoms with Crippen LogP contribution in [0, 0.1) is 0 Å². The van der Waals surface area contributed by atoms with E-state index in [2.05, 4.69) is 16.7 Å². The third-order valence-corrected chi connectivity index (χ3v) is 5.89. The molecule has 120 valence electrons. The van der Waals surface area contributed by atoms with Gasteiger partial charge in [-0.25, -0.2) is 0 Å². The number of nitrogens with two attached hydrogens (primary N) is 1. The standard InChI is InChI=1S/C16H29N3O2/c1-12-10-18-8-3-2-5-14(18)11-19(12)13-6-4-7-16(17,9-13)15(20)21/h12-14H,2-11,17H2,1H3,(H,20,21). The van der Waals surface area contributed by atoms with Gasteiger partial charge in [-0.3, -0.25) is 14.6 Å². The van der Waals surface area contributed by atoms with Crippen molar-refractivity contribution in [3.8, 4) is 0 Å². The first-order chi connectivity index (χ1) is 9.99. The van der Waals surface area contributed by atoms with E-state index in [0.717, 1.165) is 25.9 Å². The number of carboxylic acids is 1. The van der Waals surface area contributed by atoms with E-state index in [1.807, 2.05) is 0 Å². The molecular formula is C16H29N3O2. The first-order valence-corrected chi connectivity index (χ1v) is 8.52. The Morgan fingerprint density at radius 3 is 2.71 bits per heavy atom. The molecule has 0 radical (unpaired) electrons. The summed E-state index contributed by atoms with van der Waals surface area (Å²) in [4.78, 5) is 16.7. The maximum atomic E-state index is 11.5. The van der Waals surface area contributed by atoms with E-state index in [9.17, 15) is 9.90 Å². The summed E-state index contributed by atoms with van der Waals surface area (Å²) in [5.74, 6) is -0.823. The van der Waals surface area contributed by atoms with Crippen molar-refractivity contribution in [1.82, 2.24) is 9.80 Å². The van der Waals surface area contributed by atoms with Gasteiger partial charge in [-0.1, -0.05) is 6.42 Å². The summed E-state index contributed by atoms with van der Waals surface area (Å²) >= 11 is 0. The molecule has 3 fully saturated rings. The Morgan fingerprint density at radius 2 is 1.95 bits per heavy atom. The minimum Gasteiger partial charge on any atom is -0.480 e. The Bertz CT molecular complexity index is 403. The fourth-order valence-electron chi connectivity index (χ4n) is 4.64. The lowest BCUT2D eigenvalue weighted by Crippen LogP contribution is -2.64. The predicted molar refractivity (Wildman–Crippen MR) is 82.2 cm³/mol. The third-order valence-electron chi connectivity index (χ3n) is 5.89. The molecule has 21 heavy (non-hydrogen) atoms. The van der Waals surface area contributed by atoms with Gasteiger partial charge in [-0.05, 0) is 52.0 Å². The van der Waals surface area contributed by atoms with Gasteiger partial charge in [0, 0.05) is 31.2 Å². The largest absolute Gasteiger partial charge is 0.480 e. The number of carbonyl (C=O) groups is 1. The molecular weight excluding hydrogens is 266 g/mol. The molecule has 4 unspecified atom stereocenters. The lowest BCUT2D eigenvalue weighted by molar-refractivity contribution is -0.146. The van der Waals surface area contributed by atoms with Gasteiger partial charge in [0.05, 0.1) is 0 Å². The summed E-state index contributed by atoms with van der Waals surface area (Å²) in [7, 11) is 0. The van der Waals surface area contributed by atoms with Crippen LogP contribution in [0.4, 0.5) is 0 Å². The molecule has 0 spiro atoms. The zero-order chi connectivity index (χ0) is 15.0. The smallest absolute Gasteiger partial charge is 0.323 e. The average molecular weight is 295 g/mol. The van der Waals surface area contributed by atoms with Gasteiger partial charge in [0.15, 0.2) is 0 Å². The fourth-order valence-corrected chi connectivity index (χ4v) is 4.64. The Hall–Kier alpha value is -0.650. The molecule has 1 saturated carbocycles. The van der Waals surface area contributed by atoms with Crippen molar-refractivity contribution in [2.45, 2.75) is 75.5 Å². The molecule has 0 amide bonds. The molecule has 1 aliphatic carbocycles. The van der Waals surface area contributed by atoms with Crippen molar-refractivity contribution < 1.29 is 9.90 Å². The number of piperazine rings is 1. The van der Waals surface area contributed by atoms with Gasteiger partial charge in [0.25, 0.3) is 0 Å². The van der Waals surface area contributed by atoms with E-state index >= 15 is 0 Å². The molecule has 0 bridgehead atoms. The first kappa shape index (κ1) is 15.3. The number of hydrogen-bond donors (Lipinski definition) is 2. The van der Waals surface area contributed by atoms with E-state index in [1.54, 1.807) is 0 Å². The van der Waals surface area contributed by atoms with Gasteiger partial charge >= 0.3 is 5.97 Å². The lowest BCUT2D eigenvalue weighted by Gasteiger charge is -2.52. The molecule has 5 heteroatoms. The van der Waals surface area contributed by atoms with E-state index < -0.39 is 11.5 Å². The van der Waals surface area contributed by atoms with Crippen LogP contribution in [0.5, 0.6) is 0 Å². The summed E-state index contributed by atoms with van der Waals surface area (Å²) < 4.78 is 0. The van der Waals surface area contributed by atoms with Gasteiger partial charge in [0.2, 0.25) is 0 Å². The molecule has 2 aliphatic heterocycles. The van der Waals surface area contributed by atoms with Crippen LogP contribution in [-0.4, -0.2) is 64.2 Å². The van der Waals surface area contributed by atoms with Crippen molar-refractivity contribution in [2.24, 2.45) is 5.73 Å². The van der Waals surface area contributed by atoms with E-state index in [-0.39, 0.29) is 0 Å². The molecule has 2 heterocycles. The highest BCUT2D eigenvalue weighted by Gasteiger charge is 2.44. The molecule has 4 atom stereocenters. The monoisotopic (exact) mass is 295 g/mol. The Balaban J connectivity index is 1.69. The van der Waals surface area contributed by atoms with Crippen LogP contribution < -0.4 is 5.73 Å². The van der Waals surface area contributed by atoms with E-state index in [4.69, 9.17) is 5.73 Å². The van der Waals surface area contributed by atoms with E-state index in [0.29, 0.717) is 31.0 Å². The minimum atomic E-state index is -1.01. The summed E-state index contributed by atoms with van der Waals surface area (Å²) in [6.45, 7) is 5.76. The average Bonchev–Trinajstić information content (AvgIpc) is 2.46. The second kappa shape index (κ2) is 5.86. The number of nitrogens with zero attached hydrogens (tertiary/aromatic N) is 2. The number of carboxylic acid groups (broad SMARTS) is 1. The van der Waals surface area contributed by atoms with Gasteiger partial charge in [-0.2, -0.15) is 0 Å². The Labute approximate surface area is 127 Å². The van der Waals surface area contributed by atoms with Gasteiger partial charge < -0.3 is 10.8 Å². The highest BCUT2D eigenvalue weighted by Crippen LogP contribution is 2.34. The molecule has 5 nitrogen and oxygen atoms in total. The Kier molecular flexibility index (Phi) is 4.26. The topological polar surface area (TPSA) is 69.8 Å². The fraction of sp³-hybridized carbons (Fsp3) is 0.938. The van der Waals surface area contributed by atoms with Crippen molar-refractivity contribution >= 4 is 5.97 Å². The molecule has 3 N–H and O–H groups in total. The summed E-state index contributed by atoms with van der Waals surface area (Å²) in [6.07, 6.45) is 7.23. The number of rotatable bonds is 2. The minimum absolute atomic E-state index is 0.346. The zero-order valence-electron chi connectivity index (χ0n) is 13.1. The third kappa shape index (κ3) is 2.96. The quantitative estimate of drug-likeness (QED) is 0.803. The molecule has 2 saturated heterocycles. The molecule has 3 aliphatic rings. The molecule has 3 rings (SSSR count). The van der Waals surface area contributed by atoms with Gasteiger partial charge in [0.1, 0.15) is 5.54 Å². The highest BCUT2D eigenvalue weighted by molar-refractivity contribution is 5.78. The summed E-state index contributed by atoms with van der Waals surface area (Å²) in [6, 6.07) is 1.54. The van der Waals surface area contributed by atoms with E-state index in [1.165, 1.54) is 25.8 Å². The number of fused-ring (bicyclic) bond motifs is 1. The zero-order valence-corrected chi connectivity index (χ0v) is 13.1. The van der Waals surface area contributed by atoms with Crippen molar-refractivity contribution in [3.05, 3.63) is 0 Å². The maximum absolute atomic E-state index is 11.5. The Morgan fingerprint density at radius 1 is 1.19 bits per heavy atom. The second-order valence-electron chi connectivity index (χ2n) is 7.40. The van der Waals surface area contributed by atoms with Crippen LogP contribution in [0.1, 0.15) is 51.9 Å². The highest BCUT2D eigenvalue weighted by atomic mass is 16.4. The summed E-state index contributed by atoms with van der Waals surface area (Å²) in [5.41, 5.74) is 5.13. The van der Waals surface area contributed by atoms with Crippen LogP contribution in [0.25, 0.3) is 0 Å². The lowest BCUT2D eigenvalue weighted by atomic mass is 9.78. The number of hydrogen-bond acceptors (Lipinski definition) is 4. The van der Waals surface area contributed by atoms with Crippen LogP contribution in [0.3, 0.4) is 0 Å². The molecule has 0 aromatic heterocycles. The maximum Gasteiger partial charge on any atom is 0.323 e. The normalized spacial score (nSPS) is 42.5. The SMILES string of the molecule is CC1CN2CCCCC2CN1C1CCCC(N)(C(=O)O)C1. The van der Waals surface area contributed by atoms with Crippen LogP contribution in [0.15, 0.2) is 0 Å². The van der Waals surface area contributed by atoms with Crippen LogP contribution in [-0.2, 0) is 4.79 Å². The number of aliphatic carboxylic acids is 1. The predicted octanol–water partition coefficient (Wildman–Crippen LogP) is 1.27. The van der Waals surface area contributed by atoms with Crippen molar-refractivity contribution in [2.75, 3.05) is 19.6 Å². The number of piperidine rings is 1. The molecule has 0 aromatic rings. The van der Waals surface area contributed by atoms with Crippen molar-refractivity contribution in [1.29, 1.82) is 0 Å². The summed E-state index contributed by atoms with van der Waals surface area (Å²) in [5, 5.41) is 9.42.